The first kappa shape index (κ1) is 12.4. The van der Waals surface area contributed by atoms with Crippen LogP contribution in [0, 0.1) is 0 Å². The number of hydrogen-bond donors (Lipinski definition) is 0. The van der Waals surface area contributed by atoms with Crippen LogP contribution in [0.15, 0.2) is 42.7 Å². The summed E-state index contributed by atoms with van der Waals surface area (Å²) < 4.78 is 1.75. The summed E-state index contributed by atoms with van der Waals surface area (Å²) in [6.07, 6.45) is 3.58. The molecule has 0 atom stereocenters. The van der Waals surface area contributed by atoms with Crippen molar-refractivity contribution >= 4 is 5.91 Å². The van der Waals surface area contributed by atoms with E-state index in [1.54, 1.807) is 10.9 Å². The van der Waals surface area contributed by atoms with Crippen LogP contribution in [0.25, 0.3) is 5.69 Å². The van der Waals surface area contributed by atoms with Gasteiger partial charge in [0.25, 0.3) is 5.91 Å². The number of benzene rings is 1. The Morgan fingerprint density at radius 3 is 2.67 bits per heavy atom. The lowest BCUT2D eigenvalue weighted by molar-refractivity contribution is 0.0773. The lowest BCUT2D eigenvalue weighted by Gasteiger charge is -2.18. The van der Waals surface area contributed by atoms with Gasteiger partial charge in [-0.3, -0.25) is 4.79 Å². The summed E-state index contributed by atoms with van der Waals surface area (Å²) in [7, 11) is 0. The molecule has 0 fully saturated rings. The summed E-state index contributed by atoms with van der Waals surface area (Å²) >= 11 is 0. The van der Waals surface area contributed by atoms with Crippen LogP contribution in [-0.2, 0) is 0 Å². The second-order valence-electron chi connectivity index (χ2n) is 3.98. The number of carbonyl (C=O) groups excluding carboxylic acids is 1. The molecular formula is C14H17N3O. The van der Waals surface area contributed by atoms with Crippen LogP contribution in [0.4, 0.5) is 0 Å². The second-order valence-corrected chi connectivity index (χ2v) is 3.98. The fourth-order valence-corrected chi connectivity index (χ4v) is 1.90. The van der Waals surface area contributed by atoms with Crippen LogP contribution < -0.4 is 0 Å². The third-order valence-electron chi connectivity index (χ3n) is 2.91. The molecule has 0 unspecified atom stereocenters. The van der Waals surface area contributed by atoms with Crippen molar-refractivity contribution in [2.45, 2.75) is 13.8 Å². The summed E-state index contributed by atoms with van der Waals surface area (Å²) in [5.41, 5.74) is 1.60. The van der Waals surface area contributed by atoms with Gasteiger partial charge in [0.15, 0.2) is 0 Å². The first-order valence-corrected chi connectivity index (χ1v) is 6.15. The van der Waals surface area contributed by atoms with E-state index in [-0.39, 0.29) is 5.91 Å². The van der Waals surface area contributed by atoms with Gasteiger partial charge in [-0.2, -0.15) is 5.10 Å². The molecule has 0 saturated heterocycles. The molecule has 0 N–H and O–H groups in total. The van der Waals surface area contributed by atoms with Crippen molar-refractivity contribution in [3.05, 3.63) is 48.3 Å². The number of carbonyl (C=O) groups is 1. The van der Waals surface area contributed by atoms with Crippen molar-refractivity contribution in [3.63, 3.8) is 0 Å². The fourth-order valence-electron chi connectivity index (χ4n) is 1.90. The number of hydrogen-bond acceptors (Lipinski definition) is 2. The highest BCUT2D eigenvalue weighted by Gasteiger charge is 2.12. The van der Waals surface area contributed by atoms with Gasteiger partial charge < -0.3 is 4.90 Å². The minimum absolute atomic E-state index is 0.0639. The third-order valence-corrected chi connectivity index (χ3v) is 2.91. The highest BCUT2D eigenvalue weighted by molar-refractivity contribution is 5.94. The molecular weight excluding hydrogens is 226 g/mol. The topological polar surface area (TPSA) is 38.1 Å². The third kappa shape index (κ3) is 2.42. The van der Waals surface area contributed by atoms with Crippen LogP contribution >= 0.6 is 0 Å². The van der Waals surface area contributed by atoms with Crippen LogP contribution in [0.5, 0.6) is 0 Å². The molecule has 4 heteroatoms. The lowest BCUT2D eigenvalue weighted by atomic mass is 10.1. The van der Waals surface area contributed by atoms with Crippen molar-refractivity contribution in [1.82, 2.24) is 14.7 Å². The van der Waals surface area contributed by atoms with Crippen molar-refractivity contribution in [1.29, 1.82) is 0 Å². The molecule has 2 rings (SSSR count). The van der Waals surface area contributed by atoms with E-state index in [4.69, 9.17) is 0 Å². The molecule has 1 heterocycles. The van der Waals surface area contributed by atoms with Gasteiger partial charge in [0.1, 0.15) is 0 Å². The van der Waals surface area contributed by atoms with E-state index in [1.807, 2.05) is 55.3 Å². The summed E-state index contributed by atoms with van der Waals surface area (Å²) in [6, 6.07) is 9.39. The van der Waals surface area contributed by atoms with Crippen LogP contribution in [-0.4, -0.2) is 33.7 Å². The Balaban J connectivity index is 2.30. The zero-order chi connectivity index (χ0) is 13.0. The van der Waals surface area contributed by atoms with Gasteiger partial charge in [-0.1, -0.05) is 6.07 Å². The lowest BCUT2D eigenvalue weighted by Crippen LogP contribution is -2.30. The highest BCUT2D eigenvalue weighted by atomic mass is 16.2. The maximum absolute atomic E-state index is 12.2. The summed E-state index contributed by atoms with van der Waals surface area (Å²) in [6.45, 7) is 5.42. The van der Waals surface area contributed by atoms with E-state index < -0.39 is 0 Å². The molecule has 0 aliphatic heterocycles. The minimum atomic E-state index is 0.0639. The van der Waals surface area contributed by atoms with Crippen LogP contribution in [0.1, 0.15) is 24.2 Å². The maximum Gasteiger partial charge on any atom is 0.253 e. The molecule has 18 heavy (non-hydrogen) atoms. The standard InChI is InChI=1S/C14H17N3O/c1-3-16(4-2)14(18)12-7-5-8-13(11-12)17-10-6-9-15-17/h5-11H,3-4H2,1-2H3. The van der Waals surface area contributed by atoms with Crippen molar-refractivity contribution in [2.24, 2.45) is 0 Å². The average molecular weight is 243 g/mol. The molecule has 1 amide bonds. The summed E-state index contributed by atoms with van der Waals surface area (Å²) in [5, 5.41) is 4.16. The van der Waals surface area contributed by atoms with Gasteiger partial charge in [0, 0.05) is 31.0 Å². The zero-order valence-electron chi connectivity index (χ0n) is 10.7. The summed E-state index contributed by atoms with van der Waals surface area (Å²) in [4.78, 5) is 14.0. The number of rotatable bonds is 4. The van der Waals surface area contributed by atoms with Crippen molar-refractivity contribution in [3.8, 4) is 5.69 Å². The highest BCUT2D eigenvalue weighted by Crippen LogP contribution is 2.11. The number of aromatic nitrogens is 2. The SMILES string of the molecule is CCN(CC)C(=O)c1cccc(-n2cccn2)c1. The smallest absolute Gasteiger partial charge is 0.253 e. The molecule has 0 aliphatic carbocycles. The molecule has 0 radical (unpaired) electrons. The van der Waals surface area contributed by atoms with Gasteiger partial charge in [-0.05, 0) is 38.1 Å². The Kier molecular flexibility index (Phi) is 3.77. The average Bonchev–Trinajstić information content (AvgIpc) is 2.94. The molecule has 2 aromatic rings. The van der Waals surface area contributed by atoms with Gasteiger partial charge in [-0.25, -0.2) is 4.68 Å². The van der Waals surface area contributed by atoms with E-state index in [0.717, 1.165) is 18.8 Å². The van der Waals surface area contributed by atoms with Crippen LogP contribution in [0.3, 0.4) is 0 Å². The van der Waals surface area contributed by atoms with E-state index in [1.165, 1.54) is 0 Å². The van der Waals surface area contributed by atoms with Crippen molar-refractivity contribution in [2.75, 3.05) is 13.1 Å². The van der Waals surface area contributed by atoms with Gasteiger partial charge in [0.2, 0.25) is 0 Å². The molecule has 0 bridgehead atoms. The molecule has 0 saturated carbocycles. The molecule has 0 spiro atoms. The van der Waals surface area contributed by atoms with E-state index in [0.29, 0.717) is 5.56 Å². The predicted octanol–water partition coefficient (Wildman–Crippen LogP) is 2.35. The van der Waals surface area contributed by atoms with Gasteiger partial charge >= 0.3 is 0 Å². The molecule has 1 aromatic carbocycles. The molecule has 0 aliphatic rings. The largest absolute Gasteiger partial charge is 0.339 e. The monoisotopic (exact) mass is 243 g/mol. The summed E-state index contributed by atoms with van der Waals surface area (Å²) in [5.74, 6) is 0.0639. The van der Waals surface area contributed by atoms with E-state index in [9.17, 15) is 4.79 Å². The molecule has 4 nitrogen and oxygen atoms in total. The van der Waals surface area contributed by atoms with E-state index in [2.05, 4.69) is 5.10 Å². The Morgan fingerprint density at radius 2 is 2.06 bits per heavy atom. The molecule has 94 valence electrons. The number of amides is 1. The predicted molar refractivity (Wildman–Crippen MR) is 70.8 cm³/mol. The second kappa shape index (κ2) is 5.49. The Labute approximate surface area is 107 Å². The minimum Gasteiger partial charge on any atom is -0.339 e. The van der Waals surface area contributed by atoms with Gasteiger partial charge in [0.05, 0.1) is 5.69 Å². The molecule has 1 aromatic heterocycles. The van der Waals surface area contributed by atoms with E-state index >= 15 is 0 Å². The maximum atomic E-state index is 12.2. The Hall–Kier alpha value is -2.10. The van der Waals surface area contributed by atoms with Gasteiger partial charge in [-0.15, -0.1) is 0 Å². The fraction of sp³-hybridized carbons (Fsp3) is 0.286. The number of nitrogens with zero attached hydrogens (tertiary/aromatic N) is 3. The normalized spacial score (nSPS) is 10.3. The Bertz CT molecular complexity index is 516. The Morgan fingerprint density at radius 1 is 1.28 bits per heavy atom. The zero-order valence-corrected chi connectivity index (χ0v) is 10.7. The first-order valence-electron chi connectivity index (χ1n) is 6.15. The van der Waals surface area contributed by atoms with Crippen molar-refractivity contribution < 1.29 is 4.79 Å². The quantitative estimate of drug-likeness (QED) is 0.826. The first-order chi connectivity index (χ1) is 8.76. The van der Waals surface area contributed by atoms with Crippen LogP contribution in [0.2, 0.25) is 0 Å².